The summed E-state index contributed by atoms with van der Waals surface area (Å²) in [6.07, 6.45) is 0.558. The topological polar surface area (TPSA) is 124 Å². The van der Waals surface area contributed by atoms with Crippen LogP contribution in [-0.2, 0) is 17.8 Å². The highest BCUT2D eigenvalue weighted by molar-refractivity contribution is 5.90. The van der Waals surface area contributed by atoms with Gasteiger partial charge in [0.05, 0.1) is 30.1 Å². The van der Waals surface area contributed by atoms with Gasteiger partial charge in [0.1, 0.15) is 5.75 Å². The van der Waals surface area contributed by atoms with Crippen molar-refractivity contribution in [2.75, 3.05) is 6.61 Å². The van der Waals surface area contributed by atoms with Gasteiger partial charge in [0.25, 0.3) is 5.56 Å². The van der Waals surface area contributed by atoms with Crippen LogP contribution in [0.4, 0.5) is 4.79 Å². The van der Waals surface area contributed by atoms with Crippen LogP contribution in [0.3, 0.4) is 0 Å². The Morgan fingerprint density at radius 3 is 2.29 bits per heavy atom. The van der Waals surface area contributed by atoms with E-state index in [1.807, 2.05) is 41.5 Å². The molecule has 4 N–H and O–H groups in total. The predicted molar refractivity (Wildman–Crippen MR) is 134 cm³/mol. The number of fused-ring (bicyclic) bond motifs is 1. The van der Waals surface area contributed by atoms with Crippen LogP contribution < -0.4 is 21.3 Å². The Morgan fingerprint density at radius 2 is 1.79 bits per heavy atom. The van der Waals surface area contributed by atoms with Gasteiger partial charge < -0.3 is 25.5 Å². The minimum atomic E-state index is -1.18. The van der Waals surface area contributed by atoms with E-state index in [2.05, 4.69) is 12.2 Å². The number of pyridine rings is 1. The first-order valence-corrected chi connectivity index (χ1v) is 11.8. The summed E-state index contributed by atoms with van der Waals surface area (Å²) < 4.78 is 7.97. The number of carboxylic acid groups (broad SMARTS) is 1. The fourth-order valence-electron chi connectivity index (χ4n) is 4.00. The van der Waals surface area contributed by atoms with E-state index < -0.39 is 23.5 Å². The Labute approximate surface area is 201 Å². The van der Waals surface area contributed by atoms with Crippen LogP contribution in [-0.4, -0.2) is 28.3 Å². The Balaban J connectivity index is 3.03. The van der Waals surface area contributed by atoms with E-state index in [9.17, 15) is 19.5 Å². The van der Waals surface area contributed by atoms with Gasteiger partial charge in [0, 0.05) is 11.9 Å². The minimum absolute atomic E-state index is 0.0286. The average Bonchev–Trinajstić information content (AvgIpc) is 2.67. The number of nitrogens with one attached hydrogen (secondary N) is 1. The highest BCUT2D eigenvalue weighted by Crippen LogP contribution is 2.41. The van der Waals surface area contributed by atoms with Crippen molar-refractivity contribution in [2.24, 2.45) is 16.6 Å². The predicted octanol–water partition coefficient (Wildman–Crippen LogP) is 4.61. The molecule has 8 heteroatoms. The standard InChI is InChI=1S/C26H39N3O5/c1-8-9-12-34-21-18-13-16(14-19(27)30)10-11-17(18)23(31)29(15-25(2,3)4)20(21)22(26(5,6)7)28-24(32)33/h10-11,13,22,28H,8-9,12,14-15H2,1-7H3,(H2,27,30)(H,32,33). The summed E-state index contributed by atoms with van der Waals surface area (Å²) in [5.41, 5.74) is 5.52. The maximum atomic E-state index is 13.8. The fourth-order valence-corrected chi connectivity index (χ4v) is 4.00. The molecule has 1 atom stereocenters. The molecule has 2 rings (SSSR count). The quantitative estimate of drug-likeness (QED) is 0.459. The van der Waals surface area contributed by atoms with Crippen LogP contribution in [0.5, 0.6) is 5.75 Å². The summed E-state index contributed by atoms with van der Waals surface area (Å²) in [7, 11) is 0. The summed E-state index contributed by atoms with van der Waals surface area (Å²) in [4.78, 5) is 37.2. The summed E-state index contributed by atoms with van der Waals surface area (Å²) in [5, 5.41) is 13.3. The van der Waals surface area contributed by atoms with Gasteiger partial charge in [-0.25, -0.2) is 4.79 Å². The average molecular weight is 474 g/mol. The van der Waals surface area contributed by atoms with E-state index >= 15 is 0 Å². The van der Waals surface area contributed by atoms with Crippen LogP contribution >= 0.6 is 0 Å². The molecule has 0 aliphatic carbocycles. The van der Waals surface area contributed by atoms with E-state index in [0.717, 1.165) is 12.8 Å². The van der Waals surface area contributed by atoms with Crippen LogP contribution in [0.25, 0.3) is 10.8 Å². The van der Waals surface area contributed by atoms with Gasteiger partial charge in [-0.1, -0.05) is 61.0 Å². The van der Waals surface area contributed by atoms with Crippen LogP contribution in [0.1, 0.15) is 78.6 Å². The first-order chi connectivity index (χ1) is 15.7. The molecule has 8 nitrogen and oxygen atoms in total. The van der Waals surface area contributed by atoms with E-state index in [4.69, 9.17) is 10.5 Å². The molecule has 1 aromatic carbocycles. The van der Waals surface area contributed by atoms with E-state index in [0.29, 0.717) is 40.9 Å². The van der Waals surface area contributed by atoms with Crippen molar-refractivity contribution in [3.05, 3.63) is 39.8 Å². The number of hydrogen-bond acceptors (Lipinski definition) is 4. The Hall–Kier alpha value is -3.03. The van der Waals surface area contributed by atoms with Gasteiger partial charge in [0.15, 0.2) is 0 Å². The third kappa shape index (κ3) is 6.74. The first kappa shape index (κ1) is 27.2. The monoisotopic (exact) mass is 473 g/mol. The highest BCUT2D eigenvalue weighted by atomic mass is 16.5. The number of ether oxygens (including phenoxy) is 1. The second kappa shape index (κ2) is 10.5. The maximum Gasteiger partial charge on any atom is 0.405 e. The van der Waals surface area contributed by atoms with Gasteiger partial charge in [-0.05, 0) is 34.9 Å². The van der Waals surface area contributed by atoms with Gasteiger partial charge in [-0.15, -0.1) is 0 Å². The molecule has 34 heavy (non-hydrogen) atoms. The van der Waals surface area contributed by atoms with Crippen molar-refractivity contribution in [1.82, 2.24) is 9.88 Å². The summed E-state index contributed by atoms with van der Waals surface area (Å²) in [6.45, 7) is 14.7. The lowest BCUT2D eigenvalue weighted by molar-refractivity contribution is -0.117. The van der Waals surface area contributed by atoms with E-state index in [-0.39, 0.29) is 17.4 Å². The number of benzene rings is 1. The van der Waals surface area contributed by atoms with Crippen LogP contribution in [0, 0.1) is 10.8 Å². The summed E-state index contributed by atoms with van der Waals surface area (Å²) >= 11 is 0. The molecule has 1 unspecified atom stereocenters. The molecule has 2 aromatic rings. The molecule has 0 spiro atoms. The molecule has 0 bridgehead atoms. The number of unbranched alkanes of at least 4 members (excludes halogenated alkanes) is 1. The molecule has 0 aliphatic rings. The maximum absolute atomic E-state index is 13.8. The zero-order valence-electron chi connectivity index (χ0n) is 21.4. The van der Waals surface area contributed by atoms with Gasteiger partial charge in [-0.2, -0.15) is 0 Å². The second-order valence-electron chi connectivity index (χ2n) is 11.1. The number of rotatable bonds is 9. The number of nitrogens with two attached hydrogens (primary N) is 1. The number of primary amides is 1. The van der Waals surface area contributed by atoms with E-state index in [1.54, 1.807) is 22.8 Å². The van der Waals surface area contributed by atoms with Crippen molar-refractivity contribution in [3.8, 4) is 5.75 Å². The first-order valence-electron chi connectivity index (χ1n) is 11.8. The third-order valence-electron chi connectivity index (χ3n) is 5.49. The van der Waals surface area contributed by atoms with E-state index in [1.165, 1.54) is 0 Å². The normalized spacial score (nSPS) is 13.0. The molecule has 0 fully saturated rings. The van der Waals surface area contributed by atoms with Crippen LogP contribution in [0.15, 0.2) is 23.0 Å². The molecule has 188 valence electrons. The number of nitrogens with zero attached hydrogens (tertiary/aromatic N) is 1. The largest absolute Gasteiger partial charge is 0.491 e. The number of amides is 2. The summed E-state index contributed by atoms with van der Waals surface area (Å²) in [6, 6.07) is 4.46. The molecule has 1 heterocycles. The third-order valence-corrected chi connectivity index (χ3v) is 5.49. The van der Waals surface area contributed by atoms with Gasteiger partial charge in [-0.3, -0.25) is 9.59 Å². The molecular formula is C26H39N3O5. The molecule has 0 saturated carbocycles. The lowest BCUT2D eigenvalue weighted by Gasteiger charge is -2.35. The fraction of sp³-hybridized carbons (Fsp3) is 0.577. The zero-order valence-corrected chi connectivity index (χ0v) is 21.4. The van der Waals surface area contributed by atoms with Gasteiger partial charge in [0.2, 0.25) is 5.91 Å². The molecule has 0 aliphatic heterocycles. The SMILES string of the molecule is CCCCOc1c(C(NC(=O)O)C(C)(C)C)n(CC(C)(C)C)c(=O)c2ccc(CC(N)=O)cc12. The molecule has 0 saturated heterocycles. The van der Waals surface area contributed by atoms with Crippen LogP contribution in [0.2, 0.25) is 0 Å². The Morgan fingerprint density at radius 1 is 1.15 bits per heavy atom. The second-order valence-corrected chi connectivity index (χ2v) is 11.1. The Bertz CT molecular complexity index is 1110. The molecule has 1 aromatic heterocycles. The van der Waals surface area contributed by atoms with Crippen molar-refractivity contribution < 1.29 is 19.4 Å². The Kier molecular flexibility index (Phi) is 8.40. The lowest BCUT2D eigenvalue weighted by atomic mass is 9.83. The zero-order chi connectivity index (χ0) is 25.8. The molecule has 2 amide bonds. The van der Waals surface area contributed by atoms with Crippen molar-refractivity contribution in [1.29, 1.82) is 0 Å². The van der Waals surface area contributed by atoms with Gasteiger partial charge >= 0.3 is 6.09 Å². The van der Waals surface area contributed by atoms with Crippen molar-refractivity contribution >= 4 is 22.8 Å². The highest BCUT2D eigenvalue weighted by Gasteiger charge is 2.35. The number of hydrogen-bond donors (Lipinski definition) is 3. The smallest absolute Gasteiger partial charge is 0.405 e. The lowest BCUT2D eigenvalue weighted by Crippen LogP contribution is -2.41. The number of carbonyl (C=O) groups is 2. The minimum Gasteiger partial charge on any atom is -0.491 e. The molecular weight excluding hydrogens is 434 g/mol. The van der Waals surface area contributed by atoms with Crippen molar-refractivity contribution in [3.63, 3.8) is 0 Å². The number of aromatic nitrogens is 1. The molecule has 0 radical (unpaired) electrons. The number of carbonyl (C=O) groups excluding carboxylic acids is 1. The van der Waals surface area contributed by atoms with Crippen molar-refractivity contribution in [2.45, 2.75) is 80.3 Å². The summed E-state index contributed by atoms with van der Waals surface area (Å²) in [5.74, 6) is -0.0125.